The Kier molecular flexibility index (Phi) is 6.13. The number of thiazole rings is 1. The normalized spacial score (nSPS) is 10.9. The number of carbonyl (C=O) groups is 1. The average molecular weight is 433 g/mol. The van der Waals surface area contributed by atoms with Crippen LogP contribution in [0, 0.1) is 6.92 Å². The number of hydrogen-bond donors (Lipinski definition) is 2. The molecule has 6 nitrogen and oxygen atoms in total. The standard InChI is InChI=1S/C24H24N4O2S/c1-3-17-9-11-19(12-10-17)25-22(29)14-13-20-16(2)27-28(23(20)30)24-26-21(15-31-24)18-7-5-4-6-8-18/h4-12,15,27H,3,13-14H2,1-2H3,(H,25,29). The number of aryl methyl sites for hydroxylation is 2. The van der Waals surface area contributed by atoms with Gasteiger partial charge >= 0.3 is 0 Å². The topological polar surface area (TPSA) is 79.8 Å². The van der Waals surface area contributed by atoms with E-state index in [1.54, 1.807) is 0 Å². The fourth-order valence-electron chi connectivity index (χ4n) is 3.40. The Balaban J connectivity index is 1.45. The molecule has 0 radical (unpaired) electrons. The summed E-state index contributed by atoms with van der Waals surface area (Å²) in [5.74, 6) is -0.114. The number of rotatable bonds is 7. The molecule has 0 spiro atoms. The fraction of sp³-hybridized carbons (Fsp3) is 0.208. The summed E-state index contributed by atoms with van der Waals surface area (Å²) >= 11 is 1.40. The maximum absolute atomic E-state index is 12.9. The number of benzene rings is 2. The Bertz CT molecular complexity index is 1240. The summed E-state index contributed by atoms with van der Waals surface area (Å²) in [7, 11) is 0. The average Bonchev–Trinajstić information content (AvgIpc) is 3.38. The number of amides is 1. The first-order chi connectivity index (χ1) is 15.0. The molecule has 0 aliphatic heterocycles. The van der Waals surface area contributed by atoms with Crippen molar-refractivity contribution in [3.63, 3.8) is 0 Å². The molecule has 4 aromatic rings. The van der Waals surface area contributed by atoms with E-state index in [-0.39, 0.29) is 17.9 Å². The quantitative estimate of drug-likeness (QED) is 0.443. The SMILES string of the molecule is CCc1ccc(NC(=O)CCc2c(C)[nH]n(-c3nc(-c4ccccc4)cs3)c2=O)cc1. The highest BCUT2D eigenvalue weighted by Crippen LogP contribution is 2.23. The van der Waals surface area contributed by atoms with Gasteiger partial charge in [-0.15, -0.1) is 11.3 Å². The van der Waals surface area contributed by atoms with E-state index < -0.39 is 0 Å². The number of nitrogens with one attached hydrogen (secondary N) is 2. The maximum Gasteiger partial charge on any atom is 0.276 e. The van der Waals surface area contributed by atoms with Gasteiger partial charge in [-0.3, -0.25) is 14.7 Å². The van der Waals surface area contributed by atoms with E-state index in [0.717, 1.165) is 29.1 Å². The smallest absolute Gasteiger partial charge is 0.276 e. The number of aromatic nitrogens is 3. The first-order valence-electron chi connectivity index (χ1n) is 10.3. The first-order valence-corrected chi connectivity index (χ1v) is 11.1. The van der Waals surface area contributed by atoms with Crippen molar-refractivity contribution in [3.8, 4) is 16.4 Å². The van der Waals surface area contributed by atoms with Gasteiger partial charge in [0.1, 0.15) is 0 Å². The zero-order chi connectivity index (χ0) is 21.8. The van der Waals surface area contributed by atoms with Crippen LogP contribution in [0.3, 0.4) is 0 Å². The third-order valence-electron chi connectivity index (χ3n) is 5.19. The Morgan fingerprint density at radius 1 is 1.13 bits per heavy atom. The van der Waals surface area contributed by atoms with Gasteiger partial charge in [0.25, 0.3) is 5.56 Å². The molecule has 2 aromatic heterocycles. The van der Waals surface area contributed by atoms with E-state index in [9.17, 15) is 9.59 Å². The molecule has 158 valence electrons. The first kappa shape index (κ1) is 20.8. The molecule has 31 heavy (non-hydrogen) atoms. The largest absolute Gasteiger partial charge is 0.326 e. The zero-order valence-corrected chi connectivity index (χ0v) is 18.3. The summed E-state index contributed by atoms with van der Waals surface area (Å²) in [5.41, 5.74) is 5.02. The molecule has 0 saturated heterocycles. The van der Waals surface area contributed by atoms with Gasteiger partial charge in [-0.2, -0.15) is 4.68 Å². The lowest BCUT2D eigenvalue weighted by atomic mass is 10.1. The number of H-pyrrole nitrogens is 1. The van der Waals surface area contributed by atoms with Gasteiger partial charge in [-0.25, -0.2) is 4.98 Å². The molecule has 0 atom stereocenters. The zero-order valence-electron chi connectivity index (χ0n) is 17.5. The van der Waals surface area contributed by atoms with Crippen LogP contribution in [-0.2, 0) is 17.6 Å². The highest BCUT2D eigenvalue weighted by molar-refractivity contribution is 7.12. The van der Waals surface area contributed by atoms with Crippen molar-refractivity contribution in [3.05, 3.63) is 87.2 Å². The number of anilines is 1. The van der Waals surface area contributed by atoms with Crippen LogP contribution in [0.5, 0.6) is 0 Å². The predicted molar refractivity (Wildman–Crippen MR) is 125 cm³/mol. The third-order valence-corrected chi connectivity index (χ3v) is 6.02. The number of nitrogens with zero attached hydrogens (tertiary/aromatic N) is 2. The molecule has 0 saturated carbocycles. The van der Waals surface area contributed by atoms with Crippen LogP contribution < -0.4 is 10.9 Å². The van der Waals surface area contributed by atoms with Crippen molar-refractivity contribution in [2.24, 2.45) is 0 Å². The van der Waals surface area contributed by atoms with Crippen molar-refractivity contribution in [2.45, 2.75) is 33.1 Å². The molecule has 0 aliphatic rings. The monoisotopic (exact) mass is 432 g/mol. The maximum atomic E-state index is 12.9. The van der Waals surface area contributed by atoms with E-state index >= 15 is 0 Å². The van der Waals surface area contributed by atoms with Crippen molar-refractivity contribution >= 4 is 22.9 Å². The number of hydrogen-bond acceptors (Lipinski definition) is 4. The second kappa shape index (κ2) is 9.14. The molecule has 1 amide bonds. The van der Waals surface area contributed by atoms with Crippen LogP contribution in [-0.4, -0.2) is 20.7 Å². The lowest BCUT2D eigenvalue weighted by Gasteiger charge is -2.05. The molecule has 0 aliphatic carbocycles. The van der Waals surface area contributed by atoms with Gasteiger partial charge in [-0.1, -0.05) is 49.4 Å². The lowest BCUT2D eigenvalue weighted by molar-refractivity contribution is -0.116. The van der Waals surface area contributed by atoms with Gasteiger partial charge in [0.2, 0.25) is 11.0 Å². The van der Waals surface area contributed by atoms with E-state index in [1.807, 2.05) is 66.9 Å². The van der Waals surface area contributed by atoms with Gasteiger partial charge in [-0.05, 0) is 37.5 Å². The van der Waals surface area contributed by atoms with Crippen LogP contribution in [0.2, 0.25) is 0 Å². The van der Waals surface area contributed by atoms with Gasteiger partial charge in [0.15, 0.2) is 0 Å². The second-order valence-corrected chi connectivity index (χ2v) is 8.17. The summed E-state index contributed by atoms with van der Waals surface area (Å²) in [6.07, 6.45) is 1.56. The summed E-state index contributed by atoms with van der Waals surface area (Å²) in [6, 6.07) is 17.7. The van der Waals surface area contributed by atoms with Crippen molar-refractivity contribution in [2.75, 3.05) is 5.32 Å². The highest BCUT2D eigenvalue weighted by atomic mass is 32.1. The molecule has 7 heteroatoms. The Hall–Kier alpha value is -3.45. The molecule has 2 heterocycles. The Morgan fingerprint density at radius 2 is 1.87 bits per heavy atom. The lowest BCUT2D eigenvalue weighted by Crippen LogP contribution is -2.19. The highest BCUT2D eigenvalue weighted by Gasteiger charge is 2.16. The van der Waals surface area contributed by atoms with Crippen molar-refractivity contribution < 1.29 is 4.79 Å². The van der Waals surface area contributed by atoms with Crippen molar-refractivity contribution in [1.82, 2.24) is 14.8 Å². The van der Waals surface area contributed by atoms with Crippen LogP contribution in [0.15, 0.2) is 64.8 Å². The van der Waals surface area contributed by atoms with Gasteiger partial charge in [0.05, 0.1) is 5.69 Å². The third kappa shape index (κ3) is 4.67. The number of carbonyl (C=O) groups excluding carboxylic acids is 1. The summed E-state index contributed by atoms with van der Waals surface area (Å²) in [5, 5.41) is 8.51. The minimum Gasteiger partial charge on any atom is -0.326 e. The van der Waals surface area contributed by atoms with E-state index in [0.29, 0.717) is 17.1 Å². The van der Waals surface area contributed by atoms with E-state index in [2.05, 4.69) is 22.3 Å². The summed E-state index contributed by atoms with van der Waals surface area (Å²) < 4.78 is 1.46. The van der Waals surface area contributed by atoms with E-state index in [4.69, 9.17) is 0 Å². The Labute approximate surface area is 184 Å². The molecule has 2 N–H and O–H groups in total. The number of aromatic amines is 1. The molecule has 0 fully saturated rings. The molecule has 0 bridgehead atoms. The summed E-state index contributed by atoms with van der Waals surface area (Å²) in [6.45, 7) is 3.94. The molecular weight excluding hydrogens is 408 g/mol. The Morgan fingerprint density at radius 3 is 2.58 bits per heavy atom. The minimum atomic E-state index is -0.161. The van der Waals surface area contributed by atoms with Gasteiger partial charge in [0, 0.05) is 34.3 Å². The van der Waals surface area contributed by atoms with Crippen LogP contribution in [0.25, 0.3) is 16.4 Å². The fourth-order valence-corrected chi connectivity index (χ4v) is 4.20. The van der Waals surface area contributed by atoms with Crippen LogP contribution in [0.4, 0.5) is 5.69 Å². The molecule has 2 aromatic carbocycles. The molecular formula is C24H24N4O2S. The molecule has 4 rings (SSSR count). The molecule has 0 unspecified atom stereocenters. The van der Waals surface area contributed by atoms with Crippen LogP contribution in [0.1, 0.15) is 30.2 Å². The van der Waals surface area contributed by atoms with Gasteiger partial charge < -0.3 is 5.32 Å². The van der Waals surface area contributed by atoms with Crippen molar-refractivity contribution in [1.29, 1.82) is 0 Å². The minimum absolute atomic E-state index is 0.114. The predicted octanol–water partition coefficient (Wildman–Crippen LogP) is 4.73. The summed E-state index contributed by atoms with van der Waals surface area (Å²) in [4.78, 5) is 29.9. The van der Waals surface area contributed by atoms with E-state index in [1.165, 1.54) is 21.6 Å². The van der Waals surface area contributed by atoms with Crippen LogP contribution >= 0.6 is 11.3 Å². The second-order valence-electron chi connectivity index (χ2n) is 7.34.